The van der Waals surface area contributed by atoms with Crippen molar-refractivity contribution in [3.8, 4) is 0 Å². The van der Waals surface area contributed by atoms with Gasteiger partial charge in [0.15, 0.2) is 0 Å². The second-order valence-electron chi connectivity index (χ2n) is 4.50. The number of hydrogen-bond acceptors (Lipinski definition) is 3. The lowest BCUT2D eigenvalue weighted by molar-refractivity contribution is 0.183. The van der Waals surface area contributed by atoms with E-state index in [2.05, 4.69) is 24.3 Å². The average molecular weight is 223 g/mol. The lowest BCUT2D eigenvalue weighted by Gasteiger charge is -2.20. The fourth-order valence-corrected chi connectivity index (χ4v) is 2.14. The zero-order valence-corrected chi connectivity index (χ0v) is 10.1. The maximum atomic E-state index is 5.41. The second kappa shape index (κ2) is 5.34. The van der Waals surface area contributed by atoms with E-state index >= 15 is 0 Å². The summed E-state index contributed by atoms with van der Waals surface area (Å²) in [7, 11) is 0. The Hall–Kier alpha value is -1.03. The third-order valence-electron chi connectivity index (χ3n) is 3.20. The lowest BCUT2D eigenvalue weighted by atomic mass is 10.0. The van der Waals surface area contributed by atoms with Crippen molar-refractivity contribution in [3.05, 3.63) is 12.3 Å². The minimum atomic E-state index is 0.454. The maximum Gasteiger partial charge on any atom is 0.124 e. The van der Waals surface area contributed by atoms with Crippen LogP contribution in [-0.2, 0) is 11.3 Å². The normalized spacial score (nSPS) is 22.2. The molecule has 1 aliphatic heterocycles. The molecule has 0 aromatic carbocycles. The highest BCUT2D eigenvalue weighted by Crippen LogP contribution is 2.20. The van der Waals surface area contributed by atoms with Crippen molar-refractivity contribution in [2.45, 2.75) is 39.3 Å². The monoisotopic (exact) mass is 223 g/mol. The number of nitrogens with one attached hydrogen (secondary N) is 1. The van der Waals surface area contributed by atoms with Crippen molar-refractivity contribution in [1.29, 1.82) is 0 Å². The molecule has 4 nitrogen and oxygen atoms in total. The Morgan fingerprint density at radius 3 is 3.25 bits per heavy atom. The van der Waals surface area contributed by atoms with Crippen molar-refractivity contribution in [3.63, 3.8) is 0 Å². The van der Waals surface area contributed by atoms with Crippen LogP contribution in [0.25, 0.3) is 0 Å². The van der Waals surface area contributed by atoms with Gasteiger partial charge in [-0.1, -0.05) is 6.92 Å². The predicted octanol–water partition coefficient (Wildman–Crippen LogP) is 2.13. The third kappa shape index (κ3) is 2.55. The quantitative estimate of drug-likeness (QED) is 0.831. The molecule has 0 amide bonds. The summed E-state index contributed by atoms with van der Waals surface area (Å²) in [4.78, 5) is 0. The van der Waals surface area contributed by atoms with Crippen molar-refractivity contribution < 1.29 is 4.74 Å². The molecule has 2 rings (SSSR count). The van der Waals surface area contributed by atoms with Gasteiger partial charge < -0.3 is 10.1 Å². The first-order valence-electron chi connectivity index (χ1n) is 6.17. The molecule has 1 aliphatic rings. The van der Waals surface area contributed by atoms with Crippen molar-refractivity contribution in [2.24, 2.45) is 5.92 Å². The van der Waals surface area contributed by atoms with Gasteiger partial charge in [-0.2, -0.15) is 5.10 Å². The van der Waals surface area contributed by atoms with E-state index in [-0.39, 0.29) is 0 Å². The number of aryl methyl sites for hydroxylation is 1. The van der Waals surface area contributed by atoms with Gasteiger partial charge in [-0.15, -0.1) is 0 Å². The van der Waals surface area contributed by atoms with Crippen LogP contribution in [0.3, 0.4) is 0 Å². The van der Waals surface area contributed by atoms with E-state index in [9.17, 15) is 0 Å². The Balaban J connectivity index is 1.94. The number of nitrogens with zero attached hydrogens (tertiary/aromatic N) is 2. The zero-order valence-electron chi connectivity index (χ0n) is 10.1. The largest absolute Gasteiger partial charge is 0.381 e. The Morgan fingerprint density at radius 1 is 1.69 bits per heavy atom. The molecule has 1 aromatic heterocycles. The smallest absolute Gasteiger partial charge is 0.124 e. The number of anilines is 1. The molecule has 2 unspecified atom stereocenters. The van der Waals surface area contributed by atoms with Gasteiger partial charge in [-0.25, -0.2) is 4.68 Å². The average Bonchev–Trinajstić information content (AvgIpc) is 2.90. The summed E-state index contributed by atoms with van der Waals surface area (Å²) >= 11 is 0. The van der Waals surface area contributed by atoms with Gasteiger partial charge in [0.1, 0.15) is 5.82 Å². The van der Waals surface area contributed by atoms with Crippen LogP contribution >= 0.6 is 0 Å². The van der Waals surface area contributed by atoms with E-state index in [1.165, 1.54) is 0 Å². The standard InChI is InChI=1S/C12H21N3O/c1-3-7-15-12(4-6-13-15)14-10(2)11-5-8-16-9-11/h4,6,10-11,14H,3,5,7-9H2,1-2H3. The van der Waals surface area contributed by atoms with Crippen LogP contribution in [0.4, 0.5) is 5.82 Å². The summed E-state index contributed by atoms with van der Waals surface area (Å²) in [5.41, 5.74) is 0. The molecular weight excluding hydrogens is 202 g/mol. The summed E-state index contributed by atoms with van der Waals surface area (Å²) in [5, 5.41) is 7.85. The summed E-state index contributed by atoms with van der Waals surface area (Å²) in [6.07, 6.45) is 4.13. The minimum absolute atomic E-state index is 0.454. The number of rotatable bonds is 5. The van der Waals surface area contributed by atoms with Crippen LogP contribution in [0, 0.1) is 5.92 Å². The zero-order chi connectivity index (χ0) is 11.4. The molecule has 1 N–H and O–H groups in total. The van der Waals surface area contributed by atoms with Gasteiger partial charge in [0.25, 0.3) is 0 Å². The van der Waals surface area contributed by atoms with Gasteiger partial charge in [0.2, 0.25) is 0 Å². The molecule has 90 valence electrons. The number of aromatic nitrogens is 2. The summed E-state index contributed by atoms with van der Waals surface area (Å²) < 4.78 is 7.45. The van der Waals surface area contributed by atoms with E-state index in [4.69, 9.17) is 4.74 Å². The summed E-state index contributed by atoms with van der Waals surface area (Å²) in [6, 6.07) is 2.50. The highest BCUT2D eigenvalue weighted by Gasteiger charge is 2.22. The van der Waals surface area contributed by atoms with Crippen molar-refractivity contribution in [2.75, 3.05) is 18.5 Å². The first kappa shape index (κ1) is 11.5. The summed E-state index contributed by atoms with van der Waals surface area (Å²) in [5.74, 6) is 1.76. The van der Waals surface area contributed by atoms with Crippen LogP contribution in [0.5, 0.6) is 0 Å². The van der Waals surface area contributed by atoms with E-state index in [1.54, 1.807) is 0 Å². The second-order valence-corrected chi connectivity index (χ2v) is 4.50. The van der Waals surface area contributed by atoms with Crippen LogP contribution in [0.2, 0.25) is 0 Å². The first-order valence-corrected chi connectivity index (χ1v) is 6.17. The van der Waals surface area contributed by atoms with Crippen LogP contribution < -0.4 is 5.32 Å². The van der Waals surface area contributed by atoms with E-state index < -0.39 is 0 Å². The first-order chi connectivity index (χ1) is 7.81. The fraction of sp³-hybridized carbons (Fsp3) is 0.750. The topological polar surface area (TPSA) is 39.1 Å². The van der Waals surface area contributed by atoms with Gasteiger partial charge >= 0.3 is 0 Å². The molecular formula is C12H21N3O. The highest BCUT2D eigenvalue weighted by atomic mass is 16.5. The molecule has 2 atom stereocenters. The Kier molecular flexibility index (Phi) is 3.83. The predicted molar refractivity (Wildman–Crippen MR) is 64.5 cm³/mol. The molecule has 1 fully saturated rings. The van der Waals surface area contributed by atoms with Crippen LogP contribution in [0.1, 0.15) is 26.7 Å². The summed E-state index contributed by atoms with van der Waals surface area (Å²) in [6.45, 7) is 7.16. The molecule has 16 heavy (non-hydrogen) atoms. The van der Waals surface area contributed by atoms with Crippen LogP contribution in [-0.4, -0.2) is 29.0 Å². The van der Waals surface area contributed by atoms with E-state index in [0.717, 1.165) is 38.4 Å². The third-order valence-corrected chi connectivity index (χ3v) is 3.20. The number of hydrogen-bond donors (Lipinski definition) is 1. The maximum absolute atomic E-state index is 5.41. The molecule has 2 heterocycles. The molecule has 0 aliphatic carbocycles. The Bertz CT molecular complexity index is 318. The fourth-order valence-electron chi connectivity index (χ4n) is 2.14. The molecule has 1 aromatic rings. The van der Waals surface area contributed by atoms with Crippen molar-refractivity contribution >= 4 is 5.82 Å². The Morgan fingerprint density at radius 2 is 2.56 bits per heavy atom. The highest BCUT2D eigenvalue weighted by molar-refractivity contribution is 5.35. The van der Waals surface area contributed by atoms with Crippen LogP contribution in [0.15, 0.2) is 12.3 Å². The molecule has 0 bridgehead atoms. The van der Waals surface area contributed by atoms with Gasteiger partial charge in [-0.3, -0.25) is 0 Å². The van der Waals surface area contributed by atoms with Crippen molar-refractivity contribution in [1.82, 2.24) is 9.78 Å². The minimum Gasteiger partial charge on any atom is -0.381 e. The molecule has 1 saturated heterocycles. The SMILES string of the molecule is CCCn1nccc1NC(C)C1CCOC1. The lowest BCUT2D eigenvalue weighted by Crippen LogP contribution is -2.27. The van der Waals surface area contributed by atoms with Gasteiger partial charge in [0.05, 0.1) is 12.8 Å². The van der Waals surface area contributed by atoms with E-state index in [0.29, 0.717) is 12.0 Å². The van der Waals surface area contributed by atoms with Gasteiger partial charge in [0, 0.05) is 31.2 Å². The molecule has 4 heteroatoms. The number of ether oxygens (including phenoxy) is 1. The molecule has 0 radical (unpaired) electrons. The van der Waals surface area contributed by atoms with Gasteiger partial charge in [-0.05, 0) is 19.8 Å². The molecule has 0 spiro atoms. The Labute approximate surface area is 97.0 Å². The van der Waals surface area contributed by atoms with E-state index in [1.807, 2.05) is 16.9 Å². The molecule has 0 saturated carbocycles.